The molecular formula is C13H14BrN3O2. The molecule has 0 aliphatic heterocycles. The van der Waals surface area contributed by atoms with Crippen molar-refractivity contribution in [2.75, 3.05) is 0 Å². The quantitative estimate of drug-likeness (QED) is 0.942. The standard InChI is InChI=1S/C13H14BrN3O2/c1-7(2)12-11(13(18)19)15-16-17(12)9-6-4-5-8(3)10(9)14/h4-7H,1-3H3,(H,18,19). The number of aromatic nitrogens is 3. The number of hydrogen-bond acceptors (Lipinski definition) is 3. The molecule has 1 aromatic carbocycles. The number of carboxylic acid groups (broad SMARTS) is 1. The number of nitrogens with zero attached hydrogens (tertiary/aromatic N) is 3. The molecule has 5 nitrogen and oxygen atoms in total. The van der Waals surface area contributed by atoms with Crippen LogP contribution in [0.15, 0.2) is 22.7 Å². The Morgan fingerprint density at radius 1 is 1.42 bits per heavy atom. The highest BCUT2D eigenvalue weighted by molar-refractivity contribution is 9.10. The van der Waals surface area contributed by atoms with E-state index in [1.807, 2.05) is 39.0 Å². The van der Waals surface area contributed by atoms with Crippen LogP contribution in [0.4, 0.5) is 0 Å². The summed E-state index contributed by atoms with van der Waals surface area (Å²) < 4.78 is 2.48. The summed E-state index contributed by atoms with van der Waals surface area (Å²) in [7, 11) is 0. The molecule has 2 aromatic rings. The molecule has 1 aromatic heterocycles. The number of rotatable bonds is 3. The van der Waals surface area contributed by atoms with Crippen molar-refractivity contribution < 1.29 is 9.90 Å². The number of hydrogen-bond donors (Lipinski definition) is 1. The minimum atomic E-state index is -1.06. The molecule has 1 N–H and O–H groups in total. The molecule has 0 fully saturated rings. The minimum Gasteiger partial charge on any atom is -0.476 e. The highest BCUT2D eigenvalue weighted by Crippen LogP contribution is 2.28. The lowest BCUT2D eigenvalue weighted by atomic mass is 10.1. The Labute approximate surface area is 119 Å². The van der Waals surface area contributed by atoms with E-state index in [1.54, 1.807) is 4.68 Å². The van der Waals surface area contributed by atoms with Crippen molar-refractivity contribution in [1.29, 1.82) is 0 Å². The first-order chi connectivity index (χ1) is 8.93. The fourth-order valence-corrected chi connectivity index (χ4v) is 2.37. The molecule has 0 aliphatic carbocycles. The summed E-state index contributed by atoms with van der Waals surface area (Å²) in [6.45, 7) is 5.81. The van der Waals surface area contributed by atoms with E-state index in [2.05, 4.69) is 26.2 Å². The monoisotopic (exact) mass is 323 g/mol. The molecule has 0 amide bonds. The van der Waals surface area contributed by atoms with Crippen LogP contribution in [-0.2, 0) is 0 Å². The highest BCUT2D eigenvalue weighted by Gasteiger charge is 2.23. The van der Waals surface area contributed by atoms with Crippen LogP contribution in [0.5, 0.6) is 0 Å². The van der Waals surface area contributed by atoms with Gasteiger partial charge in [0.05, 0.1) is 11.4 Å². The van der Waals surface area contributed by atoms with Crippen LogP contribution in [0.2, 0.25) is 0 Å². The van der Waals surface area contributed by atoms with Crippen LogP contribution in [0.3, 0.4) is 0 Å². The molecule has 0 spiro atoms. The predicted molar refractivity (Wildman–Crippen MR) is 74.8 cm³/mol. The molecule has 0 atom stereocenters. The summed E-state index contributed by atoms with van der Waals surface area (Å²) in [5, 5.41) is 16.9. The highest BCUT2D eigenvalue weighted by atomic mass is 79.9. The molecular weight excluding hydrogens is 310 g/mol. The number of benzene rings is 1. The van der Waals surface area contributed by atoms with Crippen LogP contribution < -0.4 is 0 Å². The maximum Gasteiger partial charge on any atom is 0.358 e. The van der Waals surface area contributed by atoms with E-state index in [9.17, 15) is 9.90 Å². The third-order valence-corrected chi connectivity index (χ3v) is 3.89. The van der Waals surface area contributed by atoms with E-state index < -0.39 is 5.97 Å². The van der Waals surface area contributed by atoms with E-state index in [0.29, 0.717) is 5.69 Å². The summed E-state index contributed by atoms with van der Waals surface area (Å²) >= 11 is 3.51. The average Bonchev–Trinajstić information content (AvgIpc) is 2.77. The van der Waals surface area contributed by atoms with Gasteiger partial charge >= 0.3 is 5.97 Å². The van der Waals surface area contributed by atoms with E-state index in [1.165, 1.54) is 0 Å². The first-order valence-corrected chi connectivity index (χ1v) is 6.67. The van der Waals surface area contributed by atoms with Gasteiger partial charge in [-0.1, -0.05) is 31.2 Å². The number of halogens is 1. The van der Waals surface area contributed by atoms with Crippen molar-refractivity contribution in [1.82, 2.24) is 15.0 Å². The third kappa shape index (κ3) is 2.40. The van der Waals surface area contributed by atoms with Crippen molar-refractivity contribution in [2.45, 2.75) is 26.7 Å². The van der Waals surface area contributed by atoms with Crippen LogP contribution in [-0.4, -0.2) is 26.1 Å². The van der Waals surface area contributed by atoms with E-state index in [0.717, 1.165) is 15.7 Å². The van der Waals surface area contributed by atoms with Gasteiger partial charge in [-0.25, -0.2) is 9.48 Å². The van der Waals surface area contributed by atoms with Gasteiger partial charge in [0.15, 0.2) is 5.69 Å². The van der Waals surface area contributed by atoms with Crippen LogP contribution in [0.1, 0.15) is 41.5 Å². The van der Waals surface area contributed by atoms with Gasteiger partial charge in [0.25, 0.3) is 0 Å². The fraction of sp³-hybridized carbons (Fsp3) is 0.308. The van der Waals surface area contributed by atoms with Crippen LogP contribution in [0, 0.1) is 6.92 Å². The Hall–Kier alpha value is -1.69. The number of aromatic carboxylic acids is 1. The lowest BCUT2D eigenvalue weighted by Gasteiger charge is -2.12. The van der Waals surface area contributed by atoms with Gasteiger partial charge in [-0.15, -0.1) is 5.10 Å². The Balaban J connectivity index is 2.69. The molecule has 1 heterocycles. The molecule has 0 bridgehead atoms. The van der Waals surface area contributed by atoms with E-state index in [4.69, 9.17) is 0 Å². The van der Waals surface area contributed by atoms with Crippen molar-refractivity contribution in [3.8, 4) is 5.69 Å². The summed E-state index contributed by atoms with van der Waals surface area (Å²) in [5.74, 6) is -1.05. The van der Waals surface area contributed by atoms with Gasteiger partial charge in [0.1, 0.15) is 0 Å². The van der Waals surface area contributed by atoms with Gasteiger partial charge in [-0.05, 0) is 40.4 Å². The SMILES string of the molecule is Cc1cccc(-n2nnc(C(=O)O)c2C(C)C)c1Br. The summed E-state index contributed by atoms with van der Waals surface area (Å²) in [6, 6.07) is 5.75. The second-order valence-electron chi connectivity index (χ2n) is 4.60. The largest absolute Gasteiger partial charge is 0.476 e. The summed E-state index contributed by atoms with van der Waals surface area (Å²) in [5.41, 5.74) is 2.45. The minimum absolute atomic E-state index is 0.00315. The maximum atomic E-state index is 11.2. The molecule has 19 heavy (non-hydrogen) atoms. The van der Waals surface area contributed by atoms with Gasteiger partial charge < -0.3 is 5.11 Å². The Morgan fingerprint density at radius 2 is 2.11 bits per heavy atom. The molecule has 0 radical (unpaired) electrons. The fourth-order valence-electron chi connectivity index (χ4n) is 1.93. The van der Waals surface area contributed by atoms with Crippen molar-refractivity contribution in [3.63, 3.8) is 0 Å². The molecule has 2 rings (SSSR count). The Kier molecular flexibility index (Phi) is 3.71. The van der Waals surface area contributed by atoms with E-state index in [-0.39, 0.29) is 11.6 Å². The molecule has 0 aliphatic rings. The van der Waals surface area contributed by atoms with Crippen molar-refractivity contribution in [2.24, 2.45) is 0 Å². The predicted octanol–water partition coefficient (Wildman–Crippen LogP) is 3.16. The van der Waals surface area contributed by atoms with Crippen LogP contribution >= 0.6 is 15.9 Å². The van der Waals surface area contributed by atoms with Gasteiger partial charge in [0.2, 0.25) is 0 Å². The third-order valence-electron chi connectivity index (χ3n) is 2.85. The molecule has 0 unspecified atom stereocenters. The molecule has 6 heteroatoms. The lowest BCUT2D eigenvalue weighted by Crippen LogP contribution is -2.09. The Morgan fingerprint density at radius 3 is 2.68 bits per heavy atom. The molecule has 0 saturated carbocycles. The molecule has 0 saturated heterocycles. The normalized spacial score (nSPS) is 11.0. The first kappa shape index (κ1) is 13.7. The number of aryl methyl sites for hydroxylation is 1. The zero-order valence-corrected chi connectivity index (χ0v) is 12.5. The summed E-state index contributed by atoms with van der Waals surface area (Å²) in [6.07, 6.45) is 0. The average molecular weight is 324 g/mol. The number of carbonyl (C=O) groups is 1. The van der Waals surface area contributed by atoms with Gasteiger partial charge in [0, 0.05) is 4.47 Å². The van der Waals surface area contributed by atoms with Crippen molar-refractivity contribution in [3.05, 3.63) is 39.6 Å². The smallest absolute Gasteiger partial charge is 0.358 e. The van der Waals surface area contributed by atoms with Gasteiger partial charge in [-0.3, -0.25) is 0 Å². The lowest BCUT2D eigenvalue weighted by molar-refractivity contribution is 0.0688. The zero-order chi connectivity index (χ0) is 14.2. The second-order valence-corrected chi connectivity index (χ2v) is 5.40. The topological polar surface area (TPSA) is 68.0 Å². The van der Waals surface area contributed by atoms with Crippen LogP contribution in [0.25, 0.3) is 5.69 Å². The first-order valence-electron chi connectivity index (χ1n) is 5.87. The maximum absolute atomic E-state index is 11.2. The molecule has 100 valence electrons. The zero-order valence-electron chi connectivity index (χ0n) is 10.9. The number of carboxylic acids is 1. The summed E-state index contributed by atoms with van der Waals surface area (Å²) in [4.78, 5) is 11.2. The van der Waals surface area contributed by atoms with Gasteiger partial charge in [-0.2, -0.15) is 0 Å². The second kappa shape index (κ2) is 5.13. The Bertz CT molecular complexity index is 635. The van der Waals surface area contributed by atoms with Crippen molar-refractivity contribution >= 4 is 21.9 Å². The van der Waals surface area contributed by atoms with E-state index >= 15 is 0 Å².